The molecule has 2 atom stereocenters. The summed E-state index contributed by atoms with van der Waals surface area (Å²) in [7, 11) is 0. The smallest absolute Gasteiger partial charge is 0.0649 e. The molecule has 1 N–H and O–H groups in total. The van der Waals surface area contributed by atoms with Gasteiger partial charge in [-0.05, 0) is 18.1 Å². The van der Waals surface area contributed by atoms with E-state index in [2.05, 4.69) is 18.8 Å². The summed E-state index contributed by atoms with van der Waals surface area (Å²) in [4.78, 5) is 4.29. The number of pyridine rings is 1. The largest absolute Gasteiger partial charge is 0.392 e. The van der Waals surface area contributed by atoms with Gasteiger partial charge in [-0.15, -0.1) is 0 Å². The summed E-state index contributed by atoms with van der Waals surface area (Å²) >= 11 is 0. The number of aliphatic hydroxyl groups excluding tert-OH is 1. The molecule has 0 aliphatic carbocycles. The number of aliphatic hydroxyl groups is 1. The third-order valence-corrected chi connectivity index (χ3v) is 3.20. The Morgan fingerprint density at radius 3 is 2.40 bits per heavy atom. The van der Waals surface area contributed by atoms with E-state index >= 15 is 0 Å². The second-order valence-electron chi connectivity index (χ2n) is 4.11. The Bertz CT molecular complexity index is 269. The Balaban J connectivity index is 2.71. The van der Waals surface area contributed by atoms with Gasteiger partial charge in [0, 0.05) is 17.8 Å². The summed E-state index contributed by atoms with van der Waals surface area (Å²) in [5.41, 5.74) is 0.983. The van der Waals surface area contributed by atoms with Crippen molar-refractivity contribution in [2.45, 2.75) is 45.6 Å². The molecule has 2 heteroatoms. The molecule has 1 aromatic heterocycles. The molecule has 0 aliphatic rings. The number of hydrogen-bond acceptors (Lipinski definition) is 2. The van der Waals surface area contributed by atoms with Crippen molar-refractivity contribution in [2.75, 3.05) is 0 Å². The summed E-state index contributed by atoms with van der Waals surface area (Å²) in [5.74, 6) is 0.498. The lowest BCUT2D eigenvalue weighted by molar-refractivity contribution is 0.0798. The number of hydrogen-bond donors (Lipinski definition) is 1. The Labute approximate surface area is 92.4 Å². The van der Waals surface area contributed by atoms with Crippen molar-refractivity contribution in [3.05, 3.63) is 30.1 Å². The average molecular weight is 207 g/mol. The average Bonchev–Trinajstić information content (AvgIpc) is 2.30. The van der Waals surface area contributed by atoms with Crippen molar-refractivity contribution >= 4 is 0 Å². The quantitative estimate of drug-likeness (QED) is 0.805. The molecule has 15 heavy (non-hydrogen) atoms. The Kier molecular flexibility index (Phi) is 4.76. The van der Waals surface area contributed by atoms with E-state index in [1.165, 1.54) is 0 Å². The third kappa shape index (κ3) is 3.03. The van der Waals surface area contributed by atoms with Crippen molar-refractivity contribution in [1.29, 1.82) is 0 Å². The van der Waals surface area contributed by atoms with E-state index < -0.39 is 0 Å². The summed E-state index contributed by atoms with van der Waals surface area (Å²) in [6, 6.07) is 5.86. The molecule has 84 valence electrons. The molecule has 0 saturated carbocycles. The zero-order valence-corrected chi connectivity index (χ0v) is 9.85. The van der Waals surface area contributed by atoms with Crippen molar-refractivity contribution in [1.82, 2.24) is 4.98 Å². The molecule has 0 bridgehead atoms. The van der Waals surface area contributed by atoms with Crippen LogP contribution in [0.4, 0.5) is 0 Å². The minimum atomic E-state index is -0.283. The maximum absolute atomic E-state index is 10.2. The van der Waals surface area contributed by atoms with Gasteiger partial charge in [0.2, 0.25) is 0 Å². The molecule has 2 unspecified atom stereocenters. The molecule has 1 aromatic rings. The lowest BCUT2D eigenvalue weighted by Crippen LogP contribution is -2.25. The highest BCUT2D eigenvalue weighted by Gasteiger charge is 2.23. The van der Waals surface area contributed by atoms with Crippen LogP contribution in [0.5, 0.6) is 0 Å². The lowest BCUT2D eigenvalue weighted by Gasteiger charge is -2.25. The van der Waals surface area contributed by atoms with Gasteiger partial charge in [0.15, 0.2) is 0 Å². The van der Waals surface area contributed by atoms with Crippen LogP contribution in [-0.4, -0.2) is 16.2 Å². The van der Waals surface area contributed by atoms with Crippen molar-refractivity contribution < 1.29 is 5.11 Å². The topological polar surface area (TPSA) is 33.1 Å². The summed E-state index contributed by atoms with van der Waals surface area (Å²) in [6.45, 7) is 6.30. The van der Waals surface area contributed by atoms with E-state index in [-0.39, 0.29) is 12.0 Å². The molecular formula is C13H21NO. The van der Waals surface area contributed by atoms with Gasteiger partial charge in [-0.3, -0.25) is 4.98 Å². The van der Waals surface area contributed by atoms with Gasteiger partial charge >= 0.3 is 0 Å². The van der Waals surface area contributed by atoms with Crippen LogP contribution in [0.3, 0.4) is 0 Å². The standard InChI is InChI=1S/C13H21NO/c1-4-11(5-2)13(15)10(3)12-8-6-7-9-14-12/h6-11,13,15H,4-5H2,1-3H3. The van der Waals surface area contributed by atoms with Gasteiger partial charge in [-0.1, -0.05) is 39.7 Å². The van der Waals surface area contributed by atoms with Gasteiger partial charge in [0.1, 0.15) is 0 Å². The molecule has 0 spiro atoms. The molecule has 0 saturated heterocycles. The molecule has 1 rings (SSSR count). The molecule has 0 aliphatic heterocycles. The van der Waals surface area contributed by atoms with Crippen molar-refractivity contribution in [3.63, 3.8) is 0 Å². The predicted octanol–water partition coefficient (Wildman–Crippen LogP) is 2.98. The fourth-order valence-electron chi connectivity index (χ4n) is 2.00. The molecule has 2 nitrogen and oxygen atoms in total. The number of nitrogens with zero attached hydrogens (tertiary/aromatic N) is 1. The van der Waals surface area contributed by atoms with Gasteiger partial charge in [0.25, 0.3) is 0 Å². The molecule has 0 radical (unpaired) electrons. The maximum Gasteiger partial charge on any atom is 0.0649 e. The zero-order valence-electron chi connectivity index (χ0n) is 9.85. The highest BCUT2D eigenvalue weighted by atomic mass is 16.3. The summed E-state index contributed by atoms with van der Waals surface area (Å²) < 4.78 is 0. The van der Waals surface area contributed by atoms with E-state index in [0.29, 0.717) is 5.92 Å². The second kappa shape index (κ2) is 5.86. The Morgan fingerprint density at radius 1 is 1.27 bits per heavy atom. The van der Waals surface area contributed by atoms with Crippen LogP contribution in [0, 0.1) is 5.92 Å². The van der Waals surface area contributed by atoms with Crippen LogP contribution < -0.4 is 0 Å². The number of rotatable bonds is 5. The van der Waals surface area contributed by atoms with Crippen molar-refractivity contribution in [3.8, 4) is 0 Å². The van der Waals surface area contributed by atoms with Crippen LogP contribution in [0.15, 0.2) is 24.4 Å². The Hall–Kier alpha value is -0.890. The fraction of sp³-hybridized carbons (Fsp3) is 0.615. The second-order valence-corrected chi connectivity index (χ2v) is 4.11. The fourth-order valence-corrected chi connectivity index (χ4v) is 2.00. The predicted molar refractivity (Wildman–Crippen MR) is 62.7 cm³/mol. The molecule has 1 heterocycles. The van der Waals surface area contributed by atoms with Gasteiger partial charge < -0.3 is 5.11 Å². The Morgan fingerprint density at radius 2 is 1.93 bits per heavy atom. The maximum atomic E-state index is 10.2. The monoisotopic (exact) mass is 207 g/mol. The van der Waals surface area contributed by atoms with Gasteiger partial charge in [0.05, 0.1) is 6.10 Å². The molecule has 0 amide bonds. The molecular weight excluding hydrogens is 186 g/mol. The molecule has 0 aromatic carbocycles. The van der Waals surface area contributed by atoms with E-state index in [9.17, 15) is 5.11 Å². The third-order valence-electron chi connectivity index (χ3n) is 3.20. The SMILES string of the molecule is CCC(CC)C(O)C(C)c1ccccn1. The lowest BCUT2D eigenvalue weighted by atomic mass is 9.86. The van der Waals surface area contributed by atoms with E-state index in [4.69, 9.17) is 0 Å². The summed E-state index contributed by atoms with van der Waals surface area (Å²) in [6.07, 6.45) is 3.55. The van der Waals surface area contributed by atoms with Crippen LogP contribution in [-0.2, 0) is 0 Å². The van der Waals surface area contributed by atoms with Gasteiger partial charge in [-0.25, -0.2) is 0 Å². The van der Waals surface area contributed by atoms with E-state index in [1.807, 2.05) is 25.1 Å². The van der Waals surface area contributed by atoms with E-state index in [1.54, 1.807) is 6.20 Å². The summed E-state index contributed by atoms with van der Waals surface area (Å²) in [5, 5.41) is 10.2. The normalized spacial score (nSPS) is 15.3. The first-order chi connectivity index (χ1) is 7.20. The highest BCUT2D eigenvalue weighted by molar-refractivity contribution is 5.10. The molecule has 0 fully saturated rings. The first-order valence-electron chi connectivity index (χ1n) is 5.79. The first kappa shape index (κ1) is 12.2. The van der Waals surface area contributed by atoms with E-state index in [0.717, 1.165) is 18.5 Å². The van der Waals surface area contributed by atoms with Crippen LogP contribution in [0.1, 0.15) is 45.2 Å². The minimum Gasteiger partial charge on any atom is -0.392 e. The first-order valence-corrected chi connectivity index (χ1v) is 5.79. The van der Waals surface area contributed by atoms with Crippen molar-refractivity contribution in [2.24, 2.45) is 5.92 Å². The van der Waals surface area contributed by atoms with Crippen LogP contribution in [0.2, 0.25) is 0 Å². The van der Waals surface area contributed by atoms with Crippen LogP contribution in [0.25, 0.3) is 0 Å². The van der Waals surface area contributed by atoms with Gasteiger partial charge in [-0.2, -0.15) is 0 Å². The minimum absolute atomic E-state index is 0.121. The highest BCUT2D eigenvalue weighted by Crippen LogP contribution is 2.25. The number of aromatic nitrogens is 1. The van der Waals surface area contributed by atoms with Crippen LogP contribution >= 0.6 is 0 Å². The zero-order chi connectivity index (χ0) is 11.3.